The van der Waals surface area contributed by atoms with Crippen LogP contribution in [0.3, 0.4) is 0 Å². The highest BCUT2D eigenvalue weighted by Gasteiger charge is 2.10. The summed E-state index contributed by atoms with van der Waals surface area (Å²) < 4.78 is 6.87. The van der Waals surface area contributed by atoms with Gasteiger partial charge in [0.05, 0.1) is 20.8 Å². The summed E-state index contributed by atoms with van der Waals surface area (Å²) in [5, 5.41) is 0.388. The second kappa shape index (κ2) is 6.56. The zero-order valence-electron chi connectivity index (χ0n) is 6.95. The molecule has 2 nitrogen and oxygen atoms in total. The molecule has 0 aliphatic rings. The molecule has 1 unspecified atom stereocenters. The summed E-state index contributed by atoms with van der Waals surface area (Å²) in [5.41, 5.74) is 0. The molecule has 0 heterocycles. The maximum Gasteiger partial charge on any atom is 0.171 e. The van der Waals surface area contributed by atoms with Crippen LogP contribution in [-0.4, -0.2) is 35.3 Å². The van der Waals surface area contributed by atoms with Crippen molar-refractivity contribution < 1.29 is 0 Å². The summed E-state index contributed by atoms with van der Waals surface area (Å²) in [5.74, 6) is 0. The standard InChI is InChI=1S/C4H17ClN2Si3/c1-2-4(5)3-10(6-8)7-9/h4,6-7,10H,2-3H2,1,8-9H3. The van der Waals surface area contributed by atoms with Crippen molar-refractivity contribution in [3.8, 4) is 0 Å². The summed E-state index contributed by atoms with van der Waals surface area (Å²) in [6.45, 7) is 2.14. The average molecular weight is 213 g/mol. The molecule has 0 radical (unpaired) electrons. The molecule has 0 aromatic heterocycles. The van der Waals surface area contributed by atoms with Gasteiger partial charge in [0, 0.05) is 5.38 Å². The van der Waals surface area contributed by atoms with E-state index in [1.807, 2.05) is 0 Å². The number of hydrogen-bond donors (Lipinski definition) is 2. The Labute approximate surface area is 75.9 Å². The molecule has 0 aromatic rings. The molecule has 0 aliphatic carbocycles. The Hall–Kier alpha value is 0.861. The maximum atomic E-state index is 6.00. The van der Waals surface area contributed by atoms with Gasteiger partial charge in [-0.1, -0.05) is 6.92 Å². The summed E-state index contributed by atoms with van der Waals surface area (Å²) in [4.78, 5) is 0. The van der Waals surface area contributed by atoms with E-state index in [9.17, 15) is 0 Å². The molecule has 62 valence electrons. The van der Waals surface area contributed by atoms with Gasteiger partial charge >= 0.3 is 0 Å². The van der Waals surface area contributed by atoms with Crippen molar-refractivity contribution in [3.63, 3.8) is 0 Å². The smallest absolute Gasteiger partial charge is 0.171 e. The van der Waals surface area contributed by atoms with Gasteiger partial charge in [0.2, 0.25) is 0 Å². The van der Waals surface area contributed by atoms with E-state index in [0.29, 0.717) is 5.38 Å². The Balaban J connectivity index is 3.41. The van der Waals surface area contributed by atoms with Crippen LogP contribution >= 0.6 is 11.6 Å². The molecule has 0 aliphatic heterocycles. The minimum atomic E-state index is -0.776. The highest BCUT2D eigenvalue weighted by atomic mass is 35.5. The van der Waals surface area contributed by atoms with Gasteiger partial charge in [-0.25, -0.2) is 0 Å². The van der Waals surface area contributed by atoms with Gasteiger partial charge in [0.25, 0.3) is 0 Å². The summed E-state index contributed by atoms with van der Waals surface area (Å²) in [7, 11) is 1.43. The van der Waals surface area contributed by atoms with Gasteiger partial charge in [0.15, 0.2) is 9.12 Å². The molecular formula is C4H17ClN2Si3. The molecule has 0 spiro atoms. The first kappa shape index (κ1) is 10.9. The average Bonchev–Trinajstić information content (AvgIpc) is 1.99. The van der Waals surface area contributed by atoms with Crippen molar-refractivity contribution in [2.45, 2.75) is 24.8 Å². The molecule has 2 N–H and O–H groups in total. The quantitative estimate of drug-likeness (QED) is 0.406. The Morgan fingerprint density at radius 2 is 2.00 bits per heavy atom. The Kier molecular flexibility index (Phi) is 7.13. The zero-order chi connectivity index (χ0) is 7.98. The first-order valence-electron chi connectivity index (χ1n) is 3.73. The fourth-order valence-electron chi connectivity index (χ4n) is 0.802. The lowest BCUT2D eigenvalue weighted by Gasteiger charge is -2.15. The summed E-state index contributed by atoms with van der Waals surface area (Å²) >= 11 is 6.00. The lowest BCUT2D eigenvalue weighted by atomic mass is 10.4. The SMILES string of the molecule is CCC(Cl)C[SiH](N[SiH3])N[SiH3]. The van der Waals surface area contributed by atoms with Crippen LogP contribution in [0.4, 0.5) is 0 Å². The van der Waals surface area contributed by atoms with Crippen LogP contribution in [0.2, 0.25) is 6.04 Å². The third-order valence-electron chi connectivity index (χ3n) is 1.63. The lowest BCUT2D eigenvalue weighted by Crippen LogP contribution is -2.46. The van der Waals surface area contributed by atoms with Gasteiger partial charge < -0.3 is 9.30 Å². The minimum Gasteiger partial charge on any atom is -0.358 e. The predicted molar refractivity (Wildman–Crippen MR) is 58.0 cm³/mol. The third kappa shape index (κ3) is 4.64. The van der Waals surface area contributed by atoms with Gasteiger partial charge in [-0.15, -0.1) is 11.6 Å². The van der Waals surface area contributed by atoms with Crippen LogP contribution in [-0.2, 0) is 0 Å². The largest absolute Gasteiger partial charge is 0.358 e. The van der Waals surface area contributed by atoms with Gasteiger partial charge in [-0.2, -0.15) is 0 Å². The number of rotatable bonds is 5. The van der Waals surface area contributed by atoms with E-state index in [-0.39, 0.29) is 0 Å². The molecule has 0 bridgehead atoms. The predicted octanol–water partition coefficient (Wildman–Crippen LogP) is -2.04. The second-order valence-electron chi connectivity index (χ2n) is 2.37. The van der Waals surface area contributed by atoms with Crippen LogP contribution in [0, 0.1) is 0 Å². The van der Waals surface area contributed by atoms with E-state index in [1.165, 1.54) is 6.04 Å². The van der Waals surface area contributed by atoms with Crippen LogP contribution < -0.4 is 9.30 Å². The number of hydrogen-bond acceptors (Lipinski definition) is 2. The first-order chi connectivity index (χ1) is 4.74. The van der Waals surface area contributed by atoms with Gasteiger partial charge in [-0.05, 0) is 12.5 Å². The van der Waals surface area contributed by atoms with E-state index < -0.39 is 9.12 Å². The van der Waals surface area contributed by atoms with E-state index in [1.54, 1.807) is 0 Å². The molecule has 0 amide bonds. The fraction of sp³-hybridized carbons (Fsp3) is 1.00. The van der Waals surface area contributed by atoms with Gasteiger partial charge in [-0.3, -0.25) is 0 Å². The van der Waals surface area contributed by atoms with Crippen LogP contribution in [0.1, 0.15) is 13.3 Å². The van der Waals surface area contributed by atoms with Crippen molar-refractivity contribution >= 4 is 41.5 Å². The highest BCUT2D eigenvalue weighted by molar-refractivity contribution is 6.64. The monoisotopic (exact) mass is 212 g/mol. The number of alkyl halides is 1. The van der Waals surface area contributed by atoms with Crippen molar-refractivity contribution in [1.82, 2.24) is 9.30 Å². The normalized spacial score (nSPS) is 17.4. The maximum absolute atomic E-state index is 6.00. The topological polar surface area (TPSA) is 24.1 Å². The third-order valence-corrected chi connectivity index (χ3v) is 9.03. The Bertz CT molecular complexity index is 80.9. The molecule has 0 fully saturated rings. The molecular weight excluding hydrogens is 196 g/mol. The van der Waals surface area contributed by atoms with Crippen molar-refractivity contribution in [3.05, 3.63) is 0 Å². The molecule has 6 heteroatoms. The van der Waals surface area contributed by atoms with Crippen LogP contribution in [0.25, 0.3) is 0 Å². The molecule has 0 rings (SSSR count). The Morgan fingerprint density at radius 3 is 2.30 bits per heavy atom. The summed E-state index contributed by atoms with van der Waals surface area (Å²) in [6, 6.07) is 1.19. The first-order valence-corrected chi connectivity index (χ1v) is 8.14. The lowest BCUT2D eigenvalue weighted by molar-refractivity contribution is 0.875. The molecule has 0 saturated heterocycles. The minimum absolute atomic E-state index is 0.388. The van der Waals surface area contributed by atoms with E-state index >= 15 is 0 Å². The zero-order valence-corrected chi connectivity index (χ0v) is 12.9. The highest BCUT2D eigenvalue weighted by Crippen LogP contribution is 2.07. The molecule has 0 aromatic carbocycles. The van der Waals surface area contributed by atoms with E-state index in [2.05, 4.69) is 16.2 Å². The Morgan fingerprint density at radius 1 is 1.50 bits per heavy atom. The van der Waals surface area contributed by atoms with Crippen LogP contribution in [0.15, 0.2) is 0 Å². The van der Waals surface area contributed by atoms with Crippen molar-refractivity contribution in [2.75, 3.05) is 0 Å². The van der Waals surface area contributed by atoms with Crippen molar-refractivity contribution in [1.29, 1.82) is 0 Å². The number of halogens is 1. The van der Waals surface area contributed by atoms with E-state index in [4.69, 9.17) is 11.6 Å². The molecule has 1 atom stereocenters. The second-order valence-corrected chi connectivity index (χ2v) is 9.18. The summed E-state index contributed by atoms with van der Waals surface area (Å²) in [6.07, 6.45) is 1.09. The fourth-order valence-corrected chi connectivity index (χ4v) is 7.82. The molecule has 0 saturated carbocycles. The number of nitrogens with one attached hydrogen (secondary N) is 2. The van der Waals surface area contributed by atoms with E-state index in [0.717, 1.165) is 27.2 Å². The van der Waals surface area contributed by atoms with Gasteiger partial charge in [0.1, 0.15) is 0 Å². The molecule has 10 heavy (non-hydrogen) atoms. The van der Waals surface area contributed by atoms with Crippen LogP contribution in [0.5, 0.6) is 0 Å². The van der Waals surface area contributed by atoms with Crippen molar-refractivity contribution in [2.24, 2.45) is 0 Å².